The van der Waals surface area contributed by atoms with Crippen molar-refractivity contribution in [2.24, 2.45) is 5.92 Å². The third-order valence-corrected chi connectivity index (χ3v) is 6.44. The molecule has 0 aromatic heterocycles. The molecule has 1 atom stereocenters. The van der Waals surface area contributed by atoms with Crippen LogP contribution in [0.2, 0.25) is 5.02 Å². The van der Waals surface area contributed by atoms with E-state index < -0.39 is 0 Å². The quantitative estimate of drug-likeness (QED) is 0.665. The van der Waals surface area contributed by atoms with Gasteiger partial charge in [-0.1, -0.05) is 41.9 Å². The van der Waals surface area contributed by atoms with Crippen molar-refractivity contribution in [1.29, 1.82) is 0 Å². The van der Waals surface area contributed by atoms with Gasteiger partial charge in [-0.2, -0.15) is 0 Å². The summed E-state index contributed by atoms with van der Waals surface area (Å²) >= 11 is 6.32. The number of benzene rings is 2. The predicted molar refractivity (Wildman–Crippen MR) is 107 cm³/mol. The minimum Gasteiger partial charge on any atom is -0.342 e. The van der Waals surface area contributed by atoms with Crippen LogP contribution in [0.25, 0.3) is 0 Å². The number of Topliss-reactive ketones (excluding diaryl/α,β-unsaturated/α-hetero) is 1. The molecule has 28 heavy (non-hydrogen) atoms. The van der Waals surface area contributed by atoms with E-state index in [4.69, 9.17) is 11.6 Å². The van der Waals surface area contributed by atoms with Gasteiger partial charge in [-0.15, -0.1) is 0 Å². The van der Waals surface area contributed by atoms with Gasteiger partial charge in [-0.05, 0) is 54.9 Å². The number of carbonyl (C=O) groups excluding carboxylic acids is 2. The first-order valence-corrected chi connectivity index (χ1v) is 10.3. The van der Waals surface area contributed by atoms with Gasteiger partial charge >= 0.3 is 0 Å². The first kappa shape index (κ1) is 19.1. The van der Waals surface area contributed by atoms with Crippen molar-refractivity contribution < 1.29 is 14.0 Å². The van der Waals surface area contributed by atoms with E-state index in [1.807, 2.05) is 23.1 Å². The monoisotopic (exact) mass is 399 g/mol. The Morgan fingerprint density at radius 1 is 1.04 bits per heavy atom. The summed E-state index contributed by atoms with van der Waals surface area (Å²) in [7, 11) is 0. The van der Waals surface area contributed by atoms with Gasteiger partial charge < -0.3 is 4.90 Å². The zero-order valence-corrected chi connectivity index (χ0v) is 16.4. The number of likely N-dealkylation sites (tertiary alicyclic amines) is 1. The van der Waals surface area contributed by atoms with Crippen LogP contribution in [0.15, 0.2) is 42.5 Å². The number of nitrogens with zero attached hydrogens (tertiary/aromatic N) is 1. The maximum atomic E-state index is 14.1. The SMILES string of the molecule is O=C1CC(C(=O)N2CCC(c3ccccc3Cl)CC2)CCc2c(F)cccc21. The van der Waals surface area contributed by atoms with Crippen LogP contribution in [0.4, 0.5) is 4.39 Å². The summed E-state index contributed by atoms with van der Waals surface area (Å²) < 4.78 is 14.1. The molecule has 2 aliphatic rings. The second-order valence-corrected chi connectivity index (χ2v) is 8.16. The van der Waals surface area contributed by atoms with E-state index in [-0.39, 0.29) is 29.8 Å². The van der Waals surface area contributed by atoms with E-state index in [1.165, 1.54) is 6.07 Å². The molecule has 0 N–H and O–H groups in total. The average Bonchev–Trinajstić information content (AvgIpc) is 2.88. The molecular weight excluding hydrogens is 377 g/mol. The predicted octanol–water partition coefficient (Wildman–Crippen LogP) is 5.02. The number of amides is 1. The van der Waals surface area contributed by atoms with Crippen LogP contribution in [0.3, 0.4) is 0 Å². The number of fused-ring (bicyclic) bond motifs is 1. The van der Waals surface area contributed by atoms with E-state index in [1.54, 1.807) is 12.1 Å². The molecule has 1 aliphatic heterocycles. The van der Waals surface area contributed by atoms with E-state index in [9.17, 15) is 14.0 Å². The Morgan fingerprint density at radius 3 is 2.54 bits per heavy atom. The summed E-state index contributed by atoms with van der Waals surface area (Å²) in [6, 6.07) is 12.5. The van der Waals surface area contributed by atoms with Gasteiger partial charge in [-0.3, -0.25) is 9.59 Å². The number of piperidine rings is 1. The van der Waals surface area contributed by atoms with Crippen LogP contribution in [0.5, 0.6) is 0 Å². The molecule has 0 radical (unpaired) electrons. The number of ketones is 1. The van der Waals surface area contributed by atoms with Crippen LogP contribution >= 0.6 is 11.6 Å². The Bertz CT molecular complexity index is 905. The van der Waals surface area contributed by atoms with Gasteiger partial charge in [0, 0.05) is 36.0 Å². The van der Waals surface area contributed by atoms with Crippen molar-refractivity contribution in [2.75, 3.05) is 13.1 Å². The minimum absolute atomic E-state index is 0.0270. The smallest absolute Gasteiger partial charge is 0.226 e. The number of halogens is 2. The highest BCUT2D eigenvalue weighted by atomic mass is 35.5. The molecule has 5 heteroatoms. The highest BCUT2D eigenvalue weighted by molar-refractivity contribution is 6.31. The molecular formula is C23H23ClFNO2. The molecule has 3 nitrogen and oxygen atoms in total. The number of carbonyl (C=O) groups is 2. The van der Waals surface area contributed by atoms with Crippen LogP contribution < -0.4 is 0 Å². The molecule has 0 spiro atoms. The lowest BCUT2D eigenvalue weighted by Gasteiger charge is -2.34. The average molecular weight is 400 g/mol. The lowest BCUT2D eigenvalue weighted by atomic mass is 9.88. The van der Waals surface area contributed by atoms with Crippen molar-refractivity contribution in [2.45, 2.75) is 38.0 Å². The maximum Gasteiger partial charge on any atom is 0.226 e. The largest absolute Gasteiger partial charge is 0.342 e. The zero-order chi connectivity index (χ0) is 19.7. The highest BCUT2D eigenvalue weighted by Crippen LogP contribution is 2.34. The molecule has 1 amide bonds. The molecule has 146 valence electrons. The summed E-state index contributed by atoms with van der Waals surface area (Å²) in [5.41, 5.74) is 2.04. The lowest BCUT2D eigenvalue weighted by molar-refractivity contribution is -0.136. The van der Waals surface area contributed by atoms with Crippen LogP contribution in [0, 0.1) is 11.7 Å². The Labute approximate surface area is 169 Å². The normalized spacial score (nSPS) is 20.6. The molecule has 1 heterocycles. The van der Waals surface area contributed by atoms with Crippen molar-refractivity contribution in [3.05, 3.63) is 70.0 Å². The Hall–Kier alpha value is -2.20. The molecule has 0 bridgehead atoms. The molecule has 1 aliphatic carbocycles. The number of hydrogen-bond donors (Lipinski definition) is 0. The second kappa shape index (κ2) is 8.04. The fraction of sp³-hybridized carbons (Fsp3) is 0.391. The molecule has 4 rings (SSSR count). The van der Waals surface area contributed by atoms with Crippen molar-refractivity contribution in [1.82, 2.24) is 4.90 Å². The fourth-order valence-corrected chi connectivity index (χ4v) is 4.80. The summed E-state index contributed by atoms with van der Waals surface area (Å²) in [4.78, 5) is 27.5. The van der Waals surface area contributed by atoms with Gasteiger partial charge in [0.2, 0.25) is 5.91 Å². The van der Waals surface area contributed by atoms with E-state index >= 15 is 0 Å². The van der Waals surface area contributed by atoms with Crippen LogP contribution in [0.1, 0.15) is 53.1 Å². The van der Waals surface area contributed by atoms with Gasteiger partial charge in [0.15, 0.2) is 5.78 Å². The molecule has 0 saturated carbocycles. The molecule has 1 fully saturated rings. The van der Waals surface area contributed by atoms with Crippen molar-refractivity contribution in [3.8, 4) is 0 Å². The molecule has 1 unspecified atom stereocenters. The fourth-order valence-electron chi connectivity index (χ4n) is 4.51. The van der Waals surface area contributed by atoms with Crippen LogP contribution in [-0.4, -0.2) is 29.7 Å². The topological polar surface area (TPSA) is 37.4 Å². The lowest BCUT2D eigenvalue weighted by Crippen LogP contribution is -2.41. The third-order valence-electron chi connectivity index (χ3n) is 6.09. The van der Waals surface area contributed by atoms with Crippen molar-refractivity contribution >= 4 is 23.3 Å². The van der Waals surface area contributed by atoms with E-state index in [0.717, 1.165) is 23.4 Å². The first-order valence-electron chi connectivity index (χ1n) is 9.88. The summed E-state index contributed by atoms with van der Waals surface area (Å²) in [5, 5.41) is 0.779. The third kappa shape index (κ3) is 3.70. The maximum absolute atomic E-state index is 14.1. The number of rotatable bonds is 2. The first-order chi connectivity index (χ1) is 13.5. The summed E-state index contributed by atoms with van der Waals surface area (Å²) in [5.74, 6) is -0.460. The molecule has 1 saturated heterocycles. The highest BCUT2D eigenvalue weighted by Gasteiger charge is 2.33. The summed E-state index contributed by atoms with van der Waals surface area (Å²) in [6.45, 7) is 1.33. The Kier molecular flexibility index (Phi) is 5.49. The number of hydrogen-bond acceptors (Lipinski definition) is 2. The molecule has 2 aromatic rings. The van der Waals surface area contributed by atoms with E-state index in [0.29, 0.717) is 43.0 Å². The van der Waals surface area contributed by atoms with Gasteiger partial charge in [-0.25, -0.2) is 4.39 Å². The van der Waals surface area contributed by atoms with Gasteiger partial charge in [0.05, 0.1) is 0 Å². The van der Waals surface area contributed by atoms with Gasteiger partial charge in [0.1, 0.15) is 5.82 Å². The standard InChI is InChI=1S/C23H23ClFNO2/c24-20-6-2-1-4-17(20)15-10-12-26(13-11-15)23(28)16-8-9-18-19(22(27)14-16)5-3-7-21(18)25/h1-7,15-16H,8-14H2. The van der Waals surface area contributed by atoms with Crippen molar-refractivity contribution in [3.63, 3.8) is 0 Å². The summed E-state index contributed by atoms with van der Waals surface area (Å²) in [6.07, 6.45) is 2.85. The minimum atomic E-state index is -0.365. The zero-order valence-electron chi connectivity index (χ0n) is 15.7. The van der Waals surface area contributed by atoms with Gasteiger partial charge in [0.25, 0.3) is 0 Å². The second-order valence-electron chi connectivity index (χ2n) is 7.75. The molecule has 2 aromatic carbocycles. The Morgan fingerprint density at radius 2 is 1.79 bits per heavy atom. The van der Waals surface area contributed by atoms with Crippen LogP contribution in [-0.2, 0) is 11.2 Å². The van der Waals surface area contributed by atoms with E-state index in [2.05, 4.69) is 6.07 Å². The Balaban J connectivity index is 1.42.